The van der Waals surface area contributed by atoms with Crippen LogP contribution in [0.2, 0.25) is 19.6 Å². The van der Waals surface area contributed by atoms with Crippen LogP contribution in [0.4, 0.5) is 0 Å². The summed E-state index contributed by atoms with van der Waals surface area (Å²) in [6.45, 7) is 13.6. The van der Waals surface area contributed by atoms with Gasteiger partial charge >= 0.3 is 0 Å². The van der Waals surface area contributed by atoms with Crippen LogP contribution in [0.1, 0.15) is 44.6 Å². The van der Waals surface area contributed by atoms with Gasteiger partial charge in [-0.25, -0.2) is 0 Å². The summed E-state index contributed by atoms with van der Waals surface area (Å²) in [5.74, 6) is 0.656. The highest BCUT2D eigenvalue weighted by molar-refractivity contribution is 6.69. The van der Waals surface area contributed by atoms with E-state index in [-0.39, 0.29) is 11.8 Å². The zero-order valence-electron chi connectivity index (χ0n) is 18.4. The quantitative estimate of drug-likeness (QED) is 0.465. The van der Waals surface area contributed by atoms with E-state index in [0.717, 1.165) is 32.1 Å². The minimum absolute atomic E-state index is 0.112. The second-order valence-electron chi connectivity index (χ2n) is 10.5. The molecule has 0 heterocycles. The lowest BCUT2D eigenvalue weighted by Gasteiger charge is -2.49. The van der Waals surface area contributed by atoms with Gasteiger partial charge in [-0.3, -0.25) is 0 Å². The zero-order chi connectivity index (χ0) is 20.9. The van der Waals surface area contributed by atoms with E-state index in [9.17, 15) is 5.11 Å². The molecule has 156 valence electrons. The molecule has 29 heavy (non-hydrogen) atoms. The molecule has 3 aliphatic rings. The van der Waals surface area contributed by atoms with E-state index < -0.39 is 19.5 Å². The molecule has 5 atom stereocenters. The topological polar surface area (TPSA) is 29.5 Å². The van der Waals surface area contributed by atoms with Crippen LogP contribution in [0.15, 0.2) is 60.2 Å². The Balaban J connectivity index is 1.91. The highest BCUT2D eigenvalue weighted by Crippen LogP contribution is 2.61. The normalized spacial score (nSPS) is 38.6. The number of aliphatic hydroxyl groups is 1. The Kier molecular flexibility index (Phi) is 5.29. The van der Waals surface area contributed by atoms with Crippen molar-refractivity contribution in [2.24, 2.45) is 17.8 Å². The lowest BCUT2D eigenvalue weighted by Crippen LogP contribution is -2.56. The molecule has 0 radical (unpaired) electrons. The molecule has 0 bridgehead atoms. The largest absolute Gasteiger partial charge is 0.408 e. The minimum atomic E-state index is -1.88. The summed E-state index contributed by atoms with van der Waals surface area (Å²) in [4.78, 5) is 0. The maximum atomic E-state index is 12.1. The van der Waals surface area contributed by atoms with Gasteiger partial charge in [-0.15, -0.1) is 0 Å². The van der Waals surface area contributed by atoms with Crippen molar-refractivity contribution in [1.29, 1.82) is 0 Å². The highest BCUT2D eigenvalue weighted by Gasteiger charge is 2.62. The van der Waals surface area contributed by atoms with E-state index in [1.807, 2.05) is 0 Å². The monoisotopic (exact) mass is 408 g/mol. The molecule has 0 saturated heterocycles. The van der Waals surface area contributed by atoms with Gasteiger partial charge in [0.25, 0.3) is 0 Å². The third-order valence-electron chi connectivity index (χ3n) is 7.13. The third kappa shape index (κ3) is 3.73. The number of hydrogen-bond acceptors (Lipinski definition) is 2. The van der Waals surface area contributed by atoms with Crippen molar-refractivity contribution in [2.75, 3.05) is 0 Å². The first kappa shape index (κ1) is 20.8. The van der Waals surface area contributed by atoms with Crippen molar-refractivity contribution in [2.45, 2.75) is 69.9 Å². The standard InChI is InChI=1S/C26H36O2Si/c1-19-15-22-13-9-10-14-25(22,27)24-16-20(2)23(17-21-11-7-6-8-12-21)26(24,18-19)28-29(3,4)5/h6-9,11-13,17,20,22,24,27H,1,10,14-16,18H2,2-5H3/b23-17-/t20-,22+,24-,25+,26-/m0/s1. The Morgan fingerprint density at radius 3 is 2.62 bits per heavy atom. The van der Waals surface area contributed by atoms with Gasteiger partial charge in [-0.2, -0.15) is 0 Å². The first-order valence-corrected chi connectivity index (χ1v) is 14.6. The van der Waals surface area contributed by atoms with Crippen LogP contribution in [0.5, 0.6) is 0 Å². The van der Waals surface area contributed by atoms with Gasteiger partial charge in [-0.05, 0) is 62.4 Å². The predicted octanol–water partition coefficient (Wildman–Crippen LogP) is 6.36. The molecule has 4 rings (SSSR count). The second kappa shape index (κ2) is 7.37. The summed E-state index contributed by atoms with van der Waals surface area (Å²) in [5, 5.41) is 12.1. The summed E-state index contributed by atoms with van der Waals surface area (Å²) in [7, 11) is -1.88. The van der Waals surface area contributed by atoms with Crippen molar-refractivity contribution < 1.29 is 9.53 Å². The van der Waals surface area contributed by atoms with Crippen LogP contribution in [-0.2, 0) is 4.43 Å². The second-order valence-corrected chi connectivity index (χ2v) is 14.9. The van der Waals surface area contributed by atoms with Gasteiger partial charge in [-0.1, -0.05) is 67.6 Å². The van der Waals surface area contributed by atoms with Crippen molar-refractivity contribution in [1.82, 2.24) is 0 Å². The zero-order valence-corrected chi connectivity index (χ0v) is 19.4. The summed E-state index contributed by atoms with van der Waals surface area (Å²) >= 11 is 0. The molecule has 0 aromatic heterocycles. The maximum absolute atomic E-state index is 12.1. The summed E-state index contributed by atoms with van der Waals surface area (Å²) in [6.07, 6.45) is 11.3. The van der Waals surface area contributed by atoms with Gasteiger partial charge < -0.3 is 9.53 Å². The van der Waals surface area contributed by atoms with Gasteiger partial charge in [0.2, 0.25) is 0 Å². The number of benzene rings is 1. The van der Waals surface area contributed by atoms with E-state index in [0.29, 0.717) is 5.92 Å². The van der Waals surface area contributed by atoms with Gasteiger partial charge in [0.15, 0.2) is 8.32 Å². The molecule has 0 unspecified atom stereocenters. The third-order valence-corrected chi connectivity index (χ3v) is 8.10. The fourth-order valence-electron chi connectivity index (χ4n) is 6.19. The van der Waals surface area contributed by atoms with Gasteiger partial charge in [0, 0.05) is 18.3 Å². The first-order chi connectivity index (χ1) is 13.6. The number of allylic oxidation sites excluding steroid dienone is 1. The van der Waals surface area contributed by atoms with E-state index in [1.165, 1.54) is 16.7 Å². The molecule has 3 heteroatoms. The fourth-order valence-corrected chi connectivity index (χ4v) is 7.61. The van der Waals surface area contributed by atoms with E-state index in [4.69, 9.17) is 4.43 Å². The summed E-state index contributed by atoms with van der Waals surface area (Å²) in [5.41, 5.74) is 2.64. The summed E-state index contributed by atoms with van der Waals surface area (Å²) < 4.78 is 7.14. The van der Waals surface area contributed by atoms with E-state index in [2.05, 4.69) is 81.7 Å². The molecule has 2 fully saturated rings. The van der Waals surface area contributed by atoms with Gasteiger partial charge in [0.1, 0.15) is 0 Å². The van der Waals surface area contributed by atoms with Crippen molar-refractivity contribution in [3.05, 3.63) is 65.8 Å². The average molecular weight is 409 g/mol. The molecule has 2 nitrogen and oxygen atoms in total. The molecule has 2 saturated carbocycles. The Morgan fingerprint density at radius 1 is 1.21 bits per heavy atom. The number of fused-ring (bicyclic) bond motifs is 3. The van der Waals surface area contributed by atoms with Crippen molar-refractivity contribution in [3.63, 3.8) is 0 Å². The average Bonchev–Trinajstić information content (AvgIpc) is 2.84. The lowest BCUT2D eigenvalue weighted by atomic mass is 9.67. The fraction of sp³-hybridized carbons (Fsp3) is 0.538. The Hall–Kier alpha value is -1.42. The van der Waals surface area contributed by atoms with E-state index in [1.54, 1.807) is 0 Å². The molecular weight excluding hydrogens is 372 g/mol. The number of rotatable bonds is 3. The van der Waals surface area contributed by atoms with Crippen LogP contribution < -0.4 is 0 Å². The molecule has 0 aliphatic heterocycles. The molecule has 3 aliphatic carbocycles. The van der Waals surface area contributed by atoms with Crippen LogP contribution in [0, 0.1) is 17.8 Å². The molecule has 1 N–H and O–H groups in total. The number of hydrogen-bond donors (Lipinski definition) is 1. The predicted molar refractivity (Wildman–Crippen MR) is 124 cm³/mol. The Labute approximate surface area is 177 Å². The molecular formula is C26H36O2Si. The Bertz CT molecular complexity index is 834. The van der Waals surface area contributed by atoms with Crippen molar-refractivity contribution in [3.8, 4) is 0 Å². The summed E-state index contributed by atoms with van der Waals surface area (Å²) in [6, 6.07) is 10.6. The lowest BCUT2D eigenvalue weighted by molar-refractivity contribution is -0.111. The maximum Gasteiger partial charge on any atom is 0.184 e. The molecule has 1 aromatic rings. The molecule has 0 amide bonds. The van der Waals surface area contributed by atoms with E-state index >= 15 is 0 Å². The minimum Gasteiger partial charge on any atom is -0.408 e. The smallest absolute Gasteiger partial charge is 0.184 e. The molecule has 1 aromatic carbocycles. The Morgan fingerprint density at radius 2 is 1.93 bits per heavy atom. The highest BCUT2D eigenvalue weighted by atomic mass is 28.4. The first-order valence-electron chi connectivity index (χ1n) is 11.2. The van der Waals surface area contributed by atoms with Gasteiger partial charge in [0.05, 0.1) is 11.2 Å². The van der Waals surface area contributed by atoms with Crippen LogP contribution in [-0.4, -0.2) is 24.6 Å². The SMILES string of the molecule is C=C1C[C@H]2C=CCC[C@]2(O)[C@@H]2C[C@H](C)/C(=C/c3ccccc3)[C@@]2(O[Si](C)(C)C)C1. The van der Waals surface area contributed by atoms with Crippen LogP contribution >= 0.6 is 0 Å². The van der Waals surface area contributed by atoms with Crippen molar-refractivity contribution >= 4 is 14.4 Å². The molecule has 0 spiro atoms. The van der Waals surface area contributed by atoms with Crippen LogP contribution in [0.3, 0.4) is 0 Å². The van der Waals surface area contributed by atoms with Crippen LogP contribution in [0.25, 0.3) is 6.08 Å².